The van der Waals surface area contributed by atoms with Gasteiger partial charge >= 0.3 is 0 Å². The molecule has 19 heavy (non-hydrogen) atoms. The molecule has 0 saturated heterocycles. The summed E-state index contributed by atoms with van der Waals surface area (Å²) < 4.78 is 6.96. The number of nitrogens with one attached hydrogen (secondary N) is 1. The van der Waals surface area contributed by atoms with E-state index in [-0.39, 0.29) is 5.91 Å². The van der Waals surface area contributed by atoms with E-state index in [2.05, 4.69) is 10.3 Å². The van der Waals surface area contributed by atoms with Gasteiger partial charge in [-0.1, -0.05) is 12.1 Å². The minimum atomic E-state index is -0.186. The Balaban J connectivity index is 1.91. The predicted molar refractivity (Wildman–Crippen MR) is 74.0 cm³/mol. The maximum atomic E-state index is 12.2. The molecule has 96 valence electrons. The van der Waals surface area contributed by atoms with Gasteiger partial charge in [-0.3, -0.25) is 9.20 Å². The number of methoxy groups -OCH3 is 1. The number of benzene rings is 1. The van der Waals surface area contributed by atoms with Crippen molar-refractivity contribution in [2.45, 2.75) is 0 Å². The molecule has 0 atom stereocenters. The van der Waals surface area contributed by atoms with Crippen molar-refractivity contribution in [3.63, 3.8) is 0 Å². The number of carbonyl (C=O) groups excluding carboxylic acids is 1. The number of rotatable bonds is 3. The molecule has 0 aliphatic rings. The average molecular weight is 273 g/mol. The first kappa shape index (κ1) is 11.7. The topological polar surface area (TPSA) is 55.6 Å². The lowest BCUT2D eigenvalue weighted by atomic mass is 10.3. The van der Waals surface area contributed by atoms with Gasteiger partial charge in [0.05, 0.1) is 12.8 Å². The molecule has 1 aromatic carbocycles. The van der Waals surface area contributed by atoms with Crippen LogP contribution in [-0.2, 0) is 0 Å². The second-order valence-electron chi connectivity index (χ2n) is 3.86. The lowest BCUT2D eigenvalue weighted by Crippen LogP contribution is -2.14. The van der Waals surface area contributed by atoms with Crippen LogP contribution in [0.25, 0.3) is 4.96 Å². The van der Waals surface area contributed by atoms with Crippen LogP contribution in [0, 0.1) is 0 Å². The number of para-hydroxylation sites is 2. The fraction of sp³-hybridized carbons (Fsp3) is 0.0769. The molecule has 0 unspecified atom stereocenters. The van der Waals surface area contributed by atoms with Gasteiger partial charge in [0.15, 0.2) is 4.96 Å². The summed E-state index contributed by atoms with van der Waals surface area (Å²) in [5, 5.41) is 4.62. The van der Waals surface area contributed by atoms with Crippen LogP contribution in [0.2, 0.25) is 0 Å². The fourth-order valence-electron chi connectivity index (χ4n) is 1.82. The molecule has 3 rings (SSSR count). The highest BCUT2D eigenvalue weighted by Crippen LogP contribution is 2.24. The van der Waals surface area contributed by atoms with Crippen LogP contribution in [0.5, 0.6) is 5.75 Å². The van der Waals surface area contributed by atoms with E-state index in [9.17, 15) is 4.79 Å². The maximum absolute atomic E-state index is 12.2. The van der Waals surface area contributed by atoms with Crippen molar-refractivity contribution in [3.05, 3.63) is 47.7 Å². The van der Waals surface area contributed by atoms with Gasteiger partial charge in [-0.25, -0.2) is 4.98 Å². The Bertz CT molecular complexity index is 732. The van der Waals surface area contributed by atoms with E-state index in [0.29, 0.717) is 17.1 Å². The average Bonchev–Trinajstić information content (AvgIpc) is 3.01. The van der Waals surface area contributed by atoms with Gasteiger partial charge in [0.25, 0.3) is 5.91 Å². The Morgan fingerprint density at radius 2 is 2.26 bits per heavy atom. The molecule has 6 heteroatoms. The number of hydrogen-bond acceptors (Lipinski definition) is 4. The summed E-state index contributed by atoms with van der Waals surface area (Å²) in [6, 6.07) is 7.30. The van der Waals surface area contributed by atoms with Gasteiger partial charge in [-0.2, -0.15) is 0 Å². The highest BCUT2D eigenvalue weighted by Gasteiger charge is 2.14. The number of fused-ring (bicyclic) bond motifs is 1. The highest BCUT2D eigenvalue weighted by atomic mass is 32.1. The SMILES string of the molecule is COc1ccccc1NC(=O)c1csc2nccn12. The molecule has 1 amide bonds. The number of carbonyl (C=O) groups is 1. The second-order valence-corrected chi connectivity index (χ2v) is 4.69. The first-order valence-electron chi connectivity index (χ1n) is 5.64. The van der Waals surface area contributed by atoms with Crippen LogP contribution < -0.4 is 10.1 Å². The van der Waals surface area contributed by atoms with Gasteiger partial charge in [0, 0.05) is 17.8 Å². The number of nitrogens with zero attached hydrogens (tertiary/aromatic N) is 2. The Morgan fingerprint density at radius 3 is 3.11 bits per heavy atom. The van der Waals surface area contributed by atoms with Crippen molar-refractivity contribution in [1.29, 1.82) is 0 Å². The number of imidazole rings is 1. The number of hydrogen-bond donors (Lipinski definition) is 1. The van der Waals surface area contributed by atoms with Crippen molar-refractivity contribution in [2.75, 3.05) is 12.4 Å². The van der Waals surface area contributed by atoms with Gasteiger partial charge in [-0.15, -0.1) is 11.3 Å². The minimum absolute atomic E-state index is 0.186. The van der Waals surface area contributed by atoms with E-state index in [0.717, 1.165) is 4.96 Å². The molecule has 0 aliphatic heterocycles. The monoisotopic (exact) mass is 273 g/mol. The molecular weight excluding hydrogens is 262 g/mol. The van der Waals surface area contributed by atoms with E-state index in [1.54, 1.807) is 41.4 Å². The second kappa shape index (κ2) is 4.74. The van der Waals surface area contributed by atoms with Gasteiger partial charge in [0.1, 0.15) is 11.4 Å². The number of aromatic nitrogens is 2. The van der Waals surface area contributed by atoms with Crippen LogP contribution in [0.1, 0.15) is 10.5 Å². The maximum Gasteiger partial charge on any atom is 0.273 e. The zero-order chi connectivity index (χ0) is 13.2. The van der Waals surface area contributed by atoms with Gasteiger partial charge in [0.2, 0.25) is 0 Å². The Labute approximate surface area is 113 Å². The highest BCUT2D eigenvalue weighted by molar-refractivity contribution is 7.15. The first-order chi connectivity index (χ1) is 9.29. The predicted octanol–water partition coefficient (Wildman–Crippen LogP) is 2.66. The molecule has 2 heterocycles. The summed E-state index contributed by atoms with van der Waals surface area (Å²) in [6.07, 6.45) is 3.44. The van der Waals surface area contributed by atoms with Crippen LogP contribution in [-0.4, -0.2) is 22.4 Å². The van der Waals surface area contributed by atoms with Crippen LogP contribution in [0.15, 0.2) is 42.0 Å². The van der Waals surface area contributed by atoms with Crippen LogP contribution in [0.4, 0.5) is 5.69 Å². The fourth-order valence-corrected chi connectivity index (χ4v) is 2.65. The summed E-state index contributed by atoms with van der Waals surface area (Å²) in [5.74, 6) is 0.446. The molecule has 0 saturated carbocycles. The lowest BCUT2D eigenvalue weighted by Gasteiger charge is -2.09. The molecular formula is C13H11N3O2S. The number of thiazole rings is 1. The summed E-state index contributed by atoms with van der Waals surface area (Å²) in [6.45, 7) is 0. The van der Waals surface area contributed by atoms with Crippen molar-refractivity contribution >= 4 is 27.9 Å². The Kier molecular flexibility index (Phi) is 2.92. The summed E-state index contributed by atoms with van der Waals surface area (Å²) >= 11 is 1.43. The normalized spacial score (nSPS) is 10.6. The smallest absolute Gasteiger partial charge is 0.273 e. The molecule has 3 aromatic rings. The Morgan fingerprint density at radius 1 is 1.42 bits per heavy atom. The third kappa shape index (κ3) is 2.06. The van der Waals surface area contributed by atoms with Crippen LogP contribution >= 0.6 is 11.3 Å². The molecule has 5 nitrogen and oxygen atoms in total. The molecule has 0 spiro atoms. The zero-order valence-electron chi connectivity index (χ0n) is 10.2. The van der Waals surface area contributed by atoms with E-state index in [1.165, 1.54) is 11.3 Å². The molecule has 0 radical (unpaired) electrons. The molecule has 0 aliphatic carbocycles. The molecule has 2 aromatic heterocycles. The van der Waals surface area contributed by atoms with Crippen LogP contribution in [0.3, 0.4) is 0 Å². The summed E-state index contributed by atoms with van der Waals surface area (Å²) in [4.78, 5) is 17.2. The third-order valence-corrected chi connectivity index (χ3v) is 3.58. The van der Waals surface area contributed by atoms with E-state index < -0.39 is 0 Å². The van der Waals surface area contributed by atoms with Crippen molar-refractivity contribution in [1.82, 2.24) is 9.38 Å². The van der Waals surface area contributed by atoms with E-state index in [1.807, 2.05) is 12.1 Å². The number of amides is 1. The van der Waals surface area contributed by atoms with E-state index >= 15 is 0 Å². The molecule has 0 bridgehead atoms. The standard InChI is InChI=1S/C13H11N3O2S/c1-18-11-5-3-2-4-9(11)15-12(17)10-8-19-13-14-6-7-16(10)13/h2-8H,1H3,(H,15,17). The number of ether oxygens (including phenoxy) is 1. The Hall–Kier alpha value is -2.34. The van der Waals surface area contributed by atoms with Crippen molar-refractivity contribution in [3.8, 4) is 5.75 Å². The first-order valence-corrected chi connectivity index (χ1v) is 6.52. The summed E-state index contributed by atoms with van der Waals surface area (Å²) in [5.41, 5.74) is 1.21. The van der Waals surface area contributed by atoms with Crippen molar-refractivity contribution in [2.24, 2.45) is 0 Å². The molecule has 0 fully saturated rings. The third-order valence-electron chi connectivity index (χ3n) is 2.73. The van der Waals surface area contributed by atoms with Crippen molar-refractivity contribution < 1.29 is 9.53 Å². The largest absolute Gasteiger partial charge is 0.495 e. The molecule has 1 N–H and O–H groups in total. The lowest BCUT2D eigenvalue weighted by molar-refractivity contribution is 0.102. The minimum Gasteiger partial charge on any atom is -0.495 e. The zero-order valence-corrected chi connectivity index (χ0v) is 11.0. The number of anilines is 1. The van der Waals surface area contributed by atoms with Gasteiger partial charge < -0.3 is 10.1 Å². The summed E-state index contributed by atoms with van der Waals surface area (Å²) in [7, 11) is 1.57. The van der Waals surface area contributed by atoms with E-state index in [4.69, 9.17) is 4.74 Å². The van der Waals surface area contributed by atoms with Gasteiger partial charge in [-0.05, 0) is 12.1 Å². The quantitative estimate of drug-likeness (QED) is 0.798.